The third kappa shape index (κ3) is 3.63. The third-order valence-electron chi connectivity index (χ3n) is 4.32. The minimum absolute atomic E-state index is 0.0000329. The molecule has 1 aliphatic carbocycles. The summed E-state index contributed by atoms with van der Waals surface area (Å²) in [5.41, 5.74) is -0.762. The average molecular weight is 341 g/mol. The van der Waals surface area contributed by atoms with Gasteiger partial charge in [-0.2, -0.15) is 4.98 Å². The molecule has 0 unspecified atom stereocenters. The summed E-state index contributed by atoms with van der Waals surface area (Å²) >= 11 is 0. The molecule has 2 atom stereocenters. The van der Waals surface area contributed by atoms with Gasteiger partial charge in [-0.15, -0.1) is 0 Å². The van der Waals surface area contributed by atoms with Crippen molar-refractivity contribution in [2.24, 2.45) is 5.92 Å². The number of nitrogens with zero attached hydrogens (tertiary/aromatic N) is 2. The number of ether oxygens (including phenoxy) is 2. The largest absolute Gasteiger partial charge is 0.391 e. The summed E-state index contributed by atoms with van der Waals surface area (Å²) < 4.78 is 25.5. The van der Waals surface area contributed by atoms with E-state index in [1.54, 1.807) is 0 Å². The number of hydrogen-bond donors (Lipinski definition) is 2. The van der Waals surface area contributed by atoms with Gasteiger partial charge in [0, 0.05) is 5.92 Å². The fraction of sp³-hybridized carbons (Fsp3) is 0.667. The summed E-state index contributed by atoms with van der Waals surface area (Å²) in [5.74, 6) is -1.67. The number of amides is 1. The van der Waals surface area contributed by atoms with Crippen LogP contribution in [-0.4, -0.2) is 40.1 Å². The van der Waals surface area contributed by atoms with Gasteiger partial charge in [-0.1, -0.05) is 19.3 Å². The number of halogens is 1. The first-order valence-corrected chi connectivity index (χ1v) is 8.06. The molecule has 8 nitrogen and oxygen atoms in total. The molecule has 1 aromatic rings. The van der Waals surface area contributed by atoms with Crippen LogP contribution in [0.25, 0.3) is 0 Å². The van der Waals surface area contributed by atoms with E-state index >= 15 is 0 Å². The van der Waals surface area contributed by atoms with Crippen LogP contribution in [0.15, 0.2) is 11.0 Å². The molecule has 1 amide bonds. The highest BCUT2D eigenvalue weighted by Crippen LogP contribution is 2.25. The minimum atomic E-state index is -0.861. The van der Waals surface area contributed by atoms with E-state index in [9.17, 15) is 14.0 Å². The molecular formula is C15H20FN3O5. The molecule has 24 heavy (non-hydrogen) atoms. The maximum Gasteiger partial charge on any atom is 0.351 e. The Hall–Kier alpha value is -1.84. The van der Waals surface area contributed by atoms with Gasteiger partial charge in [-0.25, -0.2) is 9.18 Å². The molecule has 2 fully saturated rings. The molecule has 1 aromatic heterocycles. The zero-order valence-electron chi connectivity index (χ0n) is 13.1. The van der Waals surface area contributed by atoms with E-state index in [0.29, 0.717) is 0 Å². The van der Waals surface area contributed by atoms with Crippen molar-refractivity contribution in [3.05, 3.63) is 22.5 Å². The molecule has 0 spiro atoms. The van der Waals surface area contributed by atoms with Crippen molar-refractivity contribution in [1.82, 2.24) is 9.55 Å². The van der Waals surface area contributed by atoms with Gasteiger partial charge >= 0.3 is 5.69 Å². The summed E-state index contributed by atoms with van der Waals surface area (Å²) in [6.45, 7) is -0.364. The molecule has 0 bridgehead atoms. The van der Waals surface area contributed by atoms with Crippen LogP contribution in [0, 0.1) is 11.7 Å². The smallest absolute Gasteiger partial charge is 0.351 e. The lowest BCUT2D eigenvalue weighted by Crippen LogP contribution is -2.32. The molecule has 2 heterocycles. The maximum atomic E-state index is 14.2. The van der Waals surface area contributed by atoms with Crippen LogP contribution < -0.4 is 11.0 Å². The normalized spacial score (nSPS) is 24.9. The molecule has 9 heteroatoms. The molecule has 0 aromatic carbocycles. The molecular weight excluding hydrogens is 321 g/mol. The summed E-state index contributed by atoms with van der Waals surface area (Å²) in [5, 5.41) is 11.4. The van der Waals surface area contributed by atoms with Crippen molar-refractivity contribution in [2.45, 2.75) is 44.6 Å². The average Bonchev–Trinajstić information content (AvgIpc) is 3.07. The number of aliphatic hydroxyl groups excluding tert-OH is 1. The molecule has 1 saturated carbocycles. The summed E-state index contributed by atoms with van der Waals surface area (Å²) in [4.78, 5) is 27.8. The van der Waals surface area contributed by atoms with Crippen molar-refractivity contribution in [3.63, 3.8) is 0 Å². The van der Waals surface area contributed by atoms with Crippen LogP contribution in [0.3, 0.4) is 0 Å². The van der Waals surface area contributed by atoms with Gasteiger partial charge < -0.3 is 19.9 Å². The molecule has 0 radical (unpaired) electrons. The number of nitrogens with one attached hydrogen (secondary N) is 1. The van der Waals surface area contributed by atoms with E-state index in [0.717, 1.165) is 42.9 Å². The molecule has 2 aliphatic rings. The lowest BCUT2D eigenvalue weighted by atomic mass is 9.89. The highest BCUT2D eigenvalue weighted by Gasteiger charge is 2.29. The van der Waals surface area contributed by atoms with E-state index in [2.05, 4.69) is 10.3 Å². The standard InChI is InChI=1S/C15H20FN3O5/c16-10-6-19(11-8-23-12(7-20)24-11)15(22)18-13(10)17-14(21)9-4-2-1-3-5-9/h6,9,11-12,20H,1-5,7-8H2,(H,17,18,21,22)/t11-,12-/m1/s1. The number of aromatic nitrogens is 2. The zero-order valence-corrected chi connectivity index (χ0v) is 13.1. The van der Waals surface area contributed by atoms with Gasteiger partial charge in [0.25, 0.3) is 0 Å². The molecule has 1 aliphatic heterocycles. The highest BCUT2D eigenvalue weighted by atomic mass is 19.1. The zero-order chi connectivity index (χ0) is 17.1. The van der Waals surface area contributed by atoms with Crippen molar-refractivity contribution in [2.75, 3.05) is 18.5 Å². The maximum absolute atomic E-state index is 14.2. The van der Waals surface area contributed by atoms with Crippen LogP contribution in [-0.2, 0) is 14.3 Å². The van der Waals surface area contributed by atoms with Crippen molar-refractivity contribution in [3.8, 4) is 0 Å². The number of carbonyl (C=O) groups is 1. The Kier molecular flexibility index (Phi) is 5.22. The van der Waals surface area contributed by atoms with E-state index in [1.807, 2.05) is 0 Å². The van der Waals surface area contributed by atoms with Gasteiger partial charge in [0.1, 0.15) is 0 Å². The Morgan fingerprint density at radius 2 is 2.17 bits per heavy atom. The molecule has 132 valence electrons. The number of aliphatic hydroxyl groups is 1. The molecule has 2 N–H and O–H groups in total. The molecule has 1 saturated heterocycles. The van der Waals surface area contributed by atoms with Gasteiger partial charge in [0.2, 0.25) is 5.91 Å². The first-order chi connectivity index (χ1) is 11.6. The summed E-state index contributed by atoms with van der Waals surface area (Å²) in [7, 11) is 0. The van der Waals surface area contributed by atoms with E-state index in [-0.39, 0.29) is 30.9 Å². The Labute approximate surface area is 137 Å². The Balaban J connectivity index is 1.72. The van der Waals surface area contributed by atoms with Crippen LogP contribution in [0.4, 0.5) is 10.2 Å². The summed E-state index contributed by atoms with van der Waals surface area (Å²) in [6.07, 6.45) is 3.79. The van der Waals surface area contributed by atoms with E-state index in [1.165, 1.54) is 0 Å². The number of hydrogen-bond acceptors (Lipinski definition) is 6. The van der Waals surface area contributed by atoms with Crippen molar-refractivity contribution in [1.29, 1.82) is 0 Å². The predicted octanol–water partition coefficient (Wildman–Crippen LogP) is 0.765. The monoisotopic (exact) mass is 341 g/mol. The third-order valence-corrected chi connectivity index (χ3v) is 4.32. The SMILES string of the molecule is O=C(Nc1nc(=O)n([C@H]2CO[C@@H](CO)O2)cc1F)C1CCCCC1. The number of carbonyl (C=O) groups excluding carboxylic acids is 1. The van der Waals surface area contributed by atoms with E-state index in [4.69, 9.17) is 14.6 Å². The van der Waals surface area contributed by atoms with Gasteiger partial charge in [-0.3, -0.25) is 9.36 Å². The Morgan fingerprint density at radius 1 is 1.42 bits per heavy atom. The van der Waals surface area contributed by atoms with Crippen LogP contribution in [0.5, 0.6) is 0 Å². The fourth-order valence-corrected chi connectivity index (χ4v) is 3.01. The topological polar surface area (TPSA) is 103 Å². The highest BCUT2D eigenvalue weighted by molar-refractivity contribution is 5.91. The Bertz CT molecular complexity index is 659. The minimum Gasteiger partial charge on any atom is -0.391 e. The second-order valence-electron chi connectivity index (χ2n) is 5.99. The van der Waals surface area contributed by atoms with Gasteiger partial charge in [0.15, 0.2) is 24.2 Å². The summed E-state index contributed by atoms with van der Waals surface area (Å²) in [6, 6.07) is 0. The van der Waals surface area contributed by atoms with Crippen molar-refractivity contribution >= 4 is 11.7 Å². The van der Waals surface area contributed by atoms with Crippen LogP contribution in [0.2, 0.25) is 0 Å². The fourth-order valence-electron chi connectivity index (χ4n) is 3.01. The first-order valence-electron chi connectivity index (χ1n) is 8.06. The number of rotatable bonds is 4. The van der Waals surface area contributed by atoms with Crippen molar-refractivity contribution < 1.29 is 23.8 Å². The second kappa shape index (κ2) is 7.37. The van der Waals surface area contributed by atoms with Gasteiger partial charge in [-0.05, 0) is 12.8 Å². The van der Waals surface area contributed by atoms with Crippen LogP contribution >= 0.6 is 0 Å². The number of anilines is 1. The van der Waals surface area contributed by atoms with Crippen LogP contribution in [0.1, 0.15) is 38.3 Å². The lowest BCUT2D eigenvalue weighted by Gasteiger charge is -2.20. The molecule has 3 rings (SSSR count). The first kappa shape index (κ1) is 17.0. The van der Waals surface area contributed by atoms with Gasteiger partial charge in [0.05, 0.1) is 19.4 Å². The lowest BCUT2D eigenvalue weighted by molar-refractivity contribution is -0.120. The second-order valence-corrected chi connectivity index (χ2v) is 5.99. The predicted molar refractivity (Wildman–Crippen MR) is 80.6 cm³/mol. The quantitative estimate of drug-likeness (QED) is 0.838. The Morgan fingerprint density at radius 3 is 2.83 bits per heavy atom. The van der Waals surface area contributed by atoms with E-state index < -0.39 is 24.0 Å².